The van der Waals surface area contributed by atoms with Crippen LogP contribution in [0.4, 0.5) is 5.69 Å². The zero-order valence-electron chi connectivity index (χ0n) is 10.8. The highest BCUT2D eigenvalue weighted by atomic mass is 32.2. The molecule has 4 nitrogen and oxygen atoms in total. The molecule has 1 aliphatic rings. The van der Waals surface area contributed by atoms with Gasteiger partial charge in [0.25, 0.3) is 0 Å². The molecule has 0 unspecified atom stereocenters. The van der Waals surface area contributed by atoms with E-state index in [1.165, 1.54) is 0 Å². The maximum atomic E-state index is 11.3. The van der Waals surface area contributed by atoms with Crippen molar-refractivity contribution in [1.82, 2.24) is 0 Å². The first-order chi connectivity index (χ1) is 8.71. The Morgan fingerprint density at radius 3 is 2.17 bits per heavy atom. The summed E-state index contributed by atoms with van der Waals surface area (Å²) in [6.07, 6.45) is 1.90. The molecule has 1 heterocycles. The van der Waals surface area contributed by atoms with Crippen LogP contribution in [-0.4, -0.2) is 36.0 Å². The Morgan fingerprint density at radius 1 is 1.11 bits per heavy atom. The number of anilines is 1. The van der Waals surface area contributed by atoms with Crippen molar-refractivity contribution in [2.45, 2.75) is 18.9 Å². The SMILES string of the molecule is COc1cc(NC2CCS(=O)CC2)cc(OC)c1. The normalized spacial score (nSPS) is 23.4. The van der Waals surface area contributed by atoms with Gasteiger partial charge in [-0.2, -0.15) is 0 Å². The number of hydrogen-bond donors (Lipinski definition) is 1. The fourth-order valence-corrected chi connectivity index (χ4v) is 3.36. The Balaban J connectivity index is 2.06. The predicted molar refractivity (Wildman–Crippen MR) is 74.1 cm³/mol. The zero-order valence-corrected chi connectivity index (χ0v) is 11.6. The van der Waals surface area contributed by atoms with Crippen molar-refractivity contribution in [3.05, 3.63) is 18.2 Å². The Bertz CT molecular complexity index is 404. The fourth-order valence-electron chi connectivity index (χ4n) is 2.06. The highest BCUT2D eigenvalue weighted by Gasteiger charge is 2.17. The van der Waals surface area contributed by atoms with Gasteiger partial charge in [0.05, 0.1) is 14.2 Å². The predicted octanol–water partition coefficient (Wildman–Crippen LogP) is 2.03. The lowest BCUT2D eigenvalue weighted by Crippen LogP contribution is -2.29. The second-order valence-corrected chi connectivity index (χ2v) is 6.06. The van der Waals surface area contributed by atoms with Crippen LogP contribution in [0.25, 0.3) is 0 Å². The maximum absolute atomic E-state index is 11.3. The summed E-state index contributed by atoms with van der Waals surface area (Å²) in [5.41, 5.74) is 0.990. The monoisotopic (exact) mass is 269 g/mol. The first-order valence-electron chi connectivity index (χ1n) is 6.06. The van der Waals surface area contributed by atoms with Crippen molar-refractivity contribution in [1.29, 1.82) is 0 Å². The van der Waals surface area contributed by atoms with E-state index in [1.807, 2.05) is 18.2 Å². The minimum Gasteiger partial charge on any atom is -0.497 e. The molecule has 0 bridgehead atoms. The number of rotatable bonds is 4. The van der Waals surface area contributed by atoms with Gasteiger partial charge >= 0.3 is 0 Å². The van der Waals surface area contributed by atoms with E-state index in [9.17, 15) is 4.21 Å². The molecule has 1 aromatic carbocycles. The average Bonchev–Trinajstić information content (AvgIpc) is 2.41. The van der Waals surface area contributed by atoms with Gasteiger partial charge in [0.15, 0.2) is 0 Å². The van der Waals surface area contributed by atoms with Crippen LogP contribution in [-0.2, 0) is 10.8 Å². The van der Waals surface area contributed by atoms with Crippen LogP contribution in [0.5, 0.6) is 11.5 Å². The number of ether oxygens (including phenoxy) is 2. The van der Waals surface area contributed by atoms with Crippen molar-refractivity contribution in [3.63, 3.8) is 0 Å². The van der Waals surface area contributed by atoms with E-state index in [0.717, 1.165) is 41.5 Å². The third-order valence-electron chi connectivity index (χ3n) is 3.11. The Labute approximate surface area is 110 Å². The molecule has 2 rings (SSSR count). The van der Waals surface area contributed by atoms with Crippen LogP contribution < -0.4 is 14.8 Å². The molecule has 1 saturated heterocycles. The maximum Gasteiger partial charge on any atom is 0.124 e. The Hall–Kier alpha value is -1.23. The van der Waals surface area contributed by atoms with Gasteiger partial charge in [0.2, 0.25) is 0 Å². The number of methoxy groups -OCH3 is 2. The lowest BCUT2D eigenvalue weighted by Gasteiger charge is -2.24. The molecular weight excluding hydrogens is 250 g/mol. The molecule has 5 heteroatoms. The quantitative estimate of drug-likeness (QED) is 0.908. The van der Waals surface area contributed by atoms with E-state index in [4.69, 9.17) is 9.47 Å². The Morgan fingerprint density at radius 2 is 1.67 bits per heavy atom. The van der Waals surface area contributed by atoms with Crippen LogP contribution in [0.3, 0.4) is 0 Å². The summed E-state index contributed by atoms with van der Waals surface area (Å²) in [6.45, 7) is 0. The molecular formula is C13H19NO3S. The first-order valence-corrected chi connectivity index (χ1v) is 7.54. The molecule has 0 spiro atoms. The molecule has 1 N–H and O–H groups in total. The van der Waals surface area contributed by atoms with Gasteiger partial charge in [-0.25, -0.2) is 0 Å². The van der Waals surface area contributed by atoms with Gasteiger partial charge in [0.1, 0.15) is 11.5 Å². The molecule has 0 atom stereocenters. The van der Waals surface area contributed by atoms with Gasteiger partial charge in [-0.15, -0.1) is 0 Å². The third kappa shape index (κ3) is 3.38. The summed E-state index contributed by atoms with van der Waals surface area (Å²) in [5.74, 6) is 3.13. The number of benzene rings is 1. The van der Waals surface area contributed by atoms with Crippen LogP contribution in [0, 0.1) is 0 Å². The van der Waals surface area contributed by atoms with E-state index in [-0.39, 0.29) is 0 Å². The molecule has 1 aliphatic heterocycles. The third-order valence-corrected chi connectivity index (χ3v) is 4.49. The molecule has 0 saturated carbocycles. The molecule has 1 aromatic rings. The molecule has 100 valence electrons. The van der Waals surface area contributed by atoms with Gasteiger partial charge in [-0.1, -0.05) is 0 Å². The van der Waals surface area contributed by atoms with Crippen LogP contribution >= 0.6 is 0 Å². The first kappa shape index (κ1) is 13.2. The van der Waals surface area contributed by atoms with E-state index in [1.54, 1.807) is 14.2 Å². The van der Waals surface area contributed by atoms with E-state index >= 15 is 0 Å². The van der Waals surface area contributed by atoms with E-state index in [0.29, 0.717) is 6.04 Å². The zero-order chi connectivity index (χ0) is 13.0. The highest BCUT2D eigenvalue weighted by Crippen LogP contribution is 2.27. The number of hydrogen-bond acceptors (Lipinski definition) is 4. The molecule has 1 fully saturated rings. The largest absolute Gasteiger partial charge is 0.497 e. The second kappa shape index (κ2) is 6.09. The van der Waals surface area contributed by atoms with Gasteiger partial charge in [-0.05, 0) is 12.8 Å². The van der Waals surface area contributed by atoms with Gasteiger partial charge in [-0.3, -0.25) is 4.21 Å². The minimum absolute atomic E-state index is 0.388. The van der Waals surface area contributed by atoms with Crippen LogP contribution in [0.1, 0.15) is 12.8 Å². The van der Waals surface area contributed by atoms with Crippen molar-refractivity contribution in [2.75, 3.05) is 31.0 Å². The summed E-state index contributed by atoms with van der Waals surface area (Å²) < 4.78 is 21.8. The average molecular weight is 269 g/mol. The molecule has 0 aliphatic carbocycles. The summed E-state index contributed by atoms with van der Waals surface area (Å²) in [4.78, 5) is 0. The highest BCUT2D eigenvalue weighted by molar-refractivity contribution is 7.85. The summed E-state index contributed by atoms with van der Waals surface area (Å²) in [6, 6.07) is 6.14. The van der Waals surface area contributed by atoms with Crippen molar-refractivity contribution < 1.29 is 13.7 Å². The number of nitrogens with one attached hydrogen (secondary N) is 1. The summed E-state index contributed by atoms with van der Waals surface area (Å²) in [5, 5.41) is 3.46. The topological polar surface area (TPSA) is 47.6 Å². The molecule has 18 heavy (non-hydrogen) atoms. The fraction of sp³-hybridized carbons (Fsp3) is 0.538. The van der Waals surface area contributed by atoms with Crippen molar-refractivity contribution in [3.8, 4) is 11.5 Å². The second-order valence-electron chi connectivity index (χ2n) is 4.37. The lowest BCUT2D eigenvalue weighted by molar-refractivity contribution is 0.394. The minimum atomic E-state index is -0.620. The Kier molecular flexibility index (Phi) is 4.47. The lowest BCUT2D eigenvalue weighted by atomic mass is 10.1. The van der Waals surface area contributed by atoms with E-state index < -0.39 is 10.8 Å². The van der Waals surface area contributed by atoms with Crippen LogP contribution in [0.15, 0.2) is 18.2 Å². The van der Waals surface area contributed by atoms with Crippen molar-refractivity contribution in [2.24, 2.45) is 0 Å². The summed E-state index contributed by atoms with van der Waals surface area (Å²) in [7, 11) is 2.66. The standard InChI is InChI=1S/C13H19NO3S/c1-16-12-7-11(8-13(9-12)17-2)14-10-3-5-18(15)6-4-10/h7-10,14H,3-6H2,1-2H3. The van der Waals surface area contributed by atoms with E-state index in [2.05, 4.69) is 5.32 Å². The smallest absolute Gasteiger partial charge is 0.124 e. The molecule has 0 amide bonds. The summed E-state index contributed by atoms with van der Waals surface area (Å²) >= 11 is 0. The molecule has 0 aromatic heterocycles. The van der Waals surface area contributed by atoms with Crippen molar-refractivity contribution >= 4 is 16.5 Å². The molecule has 0 radical (unpaired) electrons. The van der Waals surface area contributed by atoms with Gasteiger partial charge in [0, 0.05) is 52.2 Å². The van der Waals surface area contributed by atoms with Gasteiger partial charge < -0.3 is 14.8 Å². The van der Waals surface area contributed by atoms with Crippen LogP contribution in [0.2, 0.25) is 0 Å².